The Hall–Kier alpha value is -8.04. The number of carbonyl (C=O) groups excluding carboxylic acids is 3. The summed E-state index contributed by atoms with van der Waals surface area (Å²) in [4.78, 5) is 49.5. The van der Waals surface area contributed by atoms with Crippen LogP contribution in [0.1, 0.15) is 72.8 Å². The maximum atomic E-state index is 13.3. The zero-order valence-electron chi connectivity index (χ0n) is 35.2. The summed E-state index contributed by atoms with van der Waals surface area (Å²) < 4.78 is 2.91. The highest BCUT2D eigenvalue weighted by Gasteiger charge is 2.27. The minimum Gasteiger partial charge on any atom is -0.481 e. The lowest BCUT2D eigenvalue weighted by atomic mass is 10.0. The largest absolute Gasteiger partial charge is 0.481 e. The summed E-state index contributed by atoms with van der Waals surface area (Å²) in [6.07, 6.45) is 0.0165. The van der Waals surface area contributed by atoms with Crippen molar-refractivity contribution in [3.05, 3.63) is 188 Å². The molecule has 1 amide bonds. The Balaban J connectivity index is 0.000000221. The lowest BCUT2D eigenvalue weighted by Crippen LogP contribution is -2.25. The summed E-state index contributed by atoms with van der Waals surface area (Å²) in [5, 5.41) is 47.5. The van der Waals surface area contributed by atoms with Gasteiger partial charge in [0.15, 0.2) is 11.4 Å². The van der Waals surface area contributed by atoms with Crippen LogP contribution in [0.15, 0.2) is 127 Å². The molecule has 0 radical (unpaired) electrons. The topological polar surface area (TPSA) is 208 Å². The van der Waals surface area contributed by atoms with Gasteiger partial charge >= 0.3 is 5.97 Å². The number of carboxylic acid groups (broad SMARTS) is 1. The van der Waals surface area contributed by atoms with Crippen molar-refractivity contribution in [2.75, 3.05) is 23.7 Å². The molecule has 0 saturated heterocycles. The molecule has 0 fully saturated rings. The molecule has 16 heteroatoms. The number of aliphatic carboxylic acids is 1. The summed E-state index contributed by atoms with van der Waals surface area (Å²) in [6.45, 7) is 4.59. The molecule has 0 bridgehead atoms. The average Bonchev–Trinajstić information content (AvgIpc) is 3.87. The molecular formula is C49H41Cl2N9O5. The molecule has 7 aromatic rings. The highest BCUT2D eigenvalue weighted by atomic mass is 35.5. The zero-order valence-corrected chi connectivity index (χ0v) is 36.7. The second-order valence-electron chi connectivity index (χ2n) is 14.5. The van der Waals surface area contributed by atoms with Crippen LogP contribution in [0, 0.1) is 36.5 Å². The molecule has 0 aliphatic heterocycles. The van der Waals surface area contributed by atoms with Crippen molar-refractivity contribution in [3.8, 4) is 23.5 Å². The van der Waals surface area contributed by atoms with Gasteiger partial charge in [-0.25, -0.2) is 9.36 Å². The van der Waals surface area contributed by atoms with Gasteiger partial charge < -0.3 is 21.1 Å². The number of nitriles is 2. The summed E-state index contributed by atoms with van der Waals surface area (Å²) in [5.41, 5.74) is 5.26. The molecule has 7 rings (SSSR count). The Kier molecular flexibility index (Phi) is 15.6. The van der Waals surface area contributed by atoms with Gasteiger partial charge in [0.1, 0.15) is 34.9 Å². The van der Waals surface area contributed by atoms with Gasteiger partial charge in [-0.3, -0.25) is 19.2 Å². The summed E-state index contributed by atoms with van der Waals surface area (Å²) in [6, 6.07) is 41.4. The van der Waals surface area contributed by atoms with Crippen molar-refractivity contribution >= 4 is 58.3 Å². The maximum absolute atomic E-state index is 13.3. The van der Waals surface area contributed by atoms with Crippen LogP contribution in [-0.2, 0) is 16.1 Å². The van der Waals surface area contributed by atoms with Crippen molar-refractivity contribution < 1.29 is 24.3 Å². The van der Waals surface area contributed by atoms with Crippen molar-refractivity contribution in [2.45, 2.75) is 33.2 Å². The number of rotatable bonds is 16. The highest BCUT2D eigenvalue weighted by Crippen LogP contribution is 2.28. The number of anilines is 2. The number of hydrogen-bond acceptors (Lipinski definition) is 10. The molecule has 0 aliphatic rings. The average molecular weight is 907 g/mol. The first-order chi connectivity index (χ1) is 31.4. The third-order valence-electron chi connectivity index (χ3n) is 9.80. The number of aromatic nitrogens is 4. The van der Waals surface area contributed by atoms with Crippen LogP contribution < -0.4 is 16.0 Å². The number of halogens is 2. The minimum absolute atomic E-state index is 0.0101. The number of hydrogen-bond donors (Lipinski definition) is 4. The number of ketones is 2. The first-order valence-corrected chi connectivity index (χ1v) is 20.9. The van der Waals surface area contributed by atoms with E-state index in [9.17, 15) is 29.7 Å². The van der Waals surface area contributed by atoms with Crippen molar-refractivity contribution in [3.63, 3.8) is 0 Å². The first-order valence-electron chi connectivity index (χ1n) is 20.2. The Morgan fingerprint density at radius 1 is 0.600 bits per heavy atom. The predicted octanol–water partition coefficient (Wildman–Crippen LogP) is 8.88. The molecule has 2 heterocycles. The normalized spacial score (nSPS) is 10.4. The Morgan fingerprint density at radius 3 is 1.42 bits per heavy atom. The van der Waals surface area contributed by atoms with Crippen molar-refractivity contribution in [1.29, 1.82) is 10.5 Å². The molecular weight excluding hydrogens is 866 g/mol. The van der Waals surface area contributed by atoms with Gasteiger partial charge in [-0.1, -0.05) is 113 Å². The lowest BCUT2D eigenvalue weighted by molar-refractivity contribution is -0.136. The van der Waals surface area contributed by atoms with Gasteiger partial charge in [0, 0.05) is 47.2 Å². The lowest BCUT2D eigenvalue weighted by Gasteiger charge is -2.11. The van der Waals surface area contributed by atoms with Crippen LogP contribution in [0.4, 0.5) is 11.6 Å². The minimum atomic E-state index is -0.982. The van der Waals surface area contributed by atoms with E-state index >= 15 is 0 Å². The number of amides is 1. The van der Waals surface area contributed by atoms with E-state index < -0.39 is 11.8 Å². The SMILES string of the molecule is Cc1ccc(C(=O)c2nn(-c3ccc(Cl)cc3)c(NCCC(=O)NCc3ccccc3)c2C#N)cc1.Cc1ccc(C(=O)c2nn(-c3ccc(Cl)cc3)c(NCCC(=O)O)c2C#N)cc1. The van der Waals surface area contributed by atoms with Crippen LogP contribution in [-0.4, -0.2) is 61.2 Å². The maximum Gasteiger partial charge on any atom is 0.305 e. The fourth-order valence-corrected chi connectivity index (χ4v) is 6.63. The quantitative estimate of drug-likeness (QED) is 0.0674. The molecule has 2 aromatic heterocycles. The van der Waals surface area contributed by atoms with E-state index in [-0.39, 0.29) is 66.0 Å². The van der Waals surface area contributed by atoms with Crippen LogP contribution in [0.3, 0.4) is 0 Å². The molecule has 0 unspecified atom stereocenters. The number of nitrogens with one attached hydrogen (secondary N) is 3. The van der Waals surface area contributed by atoms with Gasteiger partial charge in [-0.2, -0.15) is 20.7 Å². The molecule has 326 valence electrons. The van der Waals surface area contributed by atoms with Gasteiger partial charge in [0.25, 0.3) is 0 Å². The number of benzene rings is 5. The first kappa shape index (κ1) is 46.5. The Labute approximate surface area is 384 Å². The van der Waals surface area contributed by atoms with E-state index in [2.05, 4.69) is 32.2 Å². The van der Waals surface area contributed by atoms with Crippen LogP contribution in [0.5, 0.6) is 0 Å². The molecule has 14 nitrogen and oxygen atoms in total. The van der Waals surface area contributed by atoms with E-state index in [1.807, 2.05) is 74.5 Å². The van der Waals surface area contributed by atoms with E-state index in [1.54, 1.807) is 72.8 Å². The predicted molar refractivity (Wildman–Crippen MR) is 248 cm³/mol. The molecule has 4 N–H and O–H groups in total. The van der Waals surface area contributed by atoms with Crippen LogP contribution in [0.25, 0.3) is 11.4 Å². The molecule has 0 spiro atoms. The molecule has 0 atom stereocenters. The number of aryl methyl sites for hydroxylation is 2. The molecule has 0 aliphatic carbocycles. The van der Waals surface area contributed by atoms with E-state index in [0.717, 1.165) is 16.7 Å². The molecule has 5 aromatic carbocycles. The van der Waals surface area contributed by atoms with Gasteiger partial charge in [0.05, 0.1) is 17.8 Å². The fraction of sp³-hybridized carbons (Fsp3) is 0.143. The summed E-state index contributed by atoms with van der Waals surface area (Å²) >= 11 is 12.0. The van der Waals surface area contributed by atoms with Gasteiger partial charge in [-0.05, 0) is 67.9 Å². The molecule has 65 heavy (non-hydrogen) atoms. The third kappa shape index (κ3) is 11.9. The van der Waals surface area contributed by atoms with E-state index in [1.165, 1.54) is 9.36 Å². The standard InChI is InChI=1S/C28H24ClN5O2.C21H17ClN4O3/c1-19-7-9-21(10-8-19)27(36)26-24(17-30)28(34(33-26)23-13-11-22(29)12-14-23)31-16-15-25(35)32-18-20-5-3-2-4-6-20;1-13-2-4-14(5-3-13)20(29)19-17(12-23)21(24-11-10-18(27)28)26(25-19)16-8-6-15(22)7-9-16/h2-14,31H,15-16,18H2,1H3,(H,32,35);2-9,24H,10-11H2,1H3,(H,27,28). The zero-order chi connectivity index (χ0) is 46.5. The van der Waals surface area contributed by atoms with Crippen molar-refractivity contribution in [2.24, 2.45) is 0 Å². The number of nitrogens with zero attached hydrogens (tertiary/aromatic N) is 6. The van der Waals surface area contributed by atoms with E-state index in [4.69, 9.17) is 28.3 Å². The Morgan fingerprint density at radius 2 is 1.02 bits per heavy atom. The summed E-state index contributed by atoms with van der Waals surface area (Å²) in [5.74, 6) is -1.28. The van der Waals surface area contributed by atoms with Crippen LogP contribution in [0.2, 0.25) is 10.0 Å². The van der Waals surface area contributed by atoms with Crippen LogP contribution >= 0.6 is 23.2 Å². The fourth-order valence-electron chi connectivity index (χ4n) is 6.38. The summed E-state index contributed by atoms with van der Waals surface area (Å²) in [7, 11) is 0. The third-order valence-corrected chi connectivity index (χ3v) is 10.3. The smallest absolute Gasteiger partial charge is 0.305 e. The van der Waals surface area contributed by atoms with Gasteiger partial charge in [0.2, 0.25) is 17.5 Å². The monoisotopic (exact) mass is 905 g/mol. The van der Waals surface area contributed by atoms with Gasteiger partial charge in [-0.15, -0.1) is 0 Å². The number of carbonyl (C=O) groups is 4. The van der Waals surface area contributed by atoms with E-state index in [0.29, 0.717) is 44.9 Å². The molecule has 0 saturated carbocycles. The highest BCUT2D eigenvalue weighted by molar-refractivity contribution is 6.30. The second kappa shape index (κ2) is 21.8. The second-order valence-corrected chi connectivity index (χ2v) is 15.4. The Bertz CT molecular complexity index is 2900. The number of carboxylic acids is 1. The van der Waals surface area contributed by atoms with Crippen molar-refractivity contribution in [1.82, 2.24) is 24.9 Å².